The predicted molar refractivity (Wildman–Crippen MR) is 124 cm³/mol. The van der Waals surface area contributed by atoms with Gasteiger partial charge in [0.05, 0.1) is 24.0 Å². The third-order valence-electron chi connectivity index (χ3n) is 4.67. The first kappa shape index (κ1) is 24.8. The van der Waals surface area contributed by atoms with Gasteiger partial charge in [-0.1, -0.05) is 33.6 Å². The van der Waals surface area contributed by atoms with Crippen LogP contribution in [0.25, 0.3) is 0 Å². The Bertz CT molecular complexity index is 1120. The van der Waals surface area contributed by atoms with Gasteiger partial charge in [-0.05, 0) is 51.1 Å². The lowest BCUT2D eigenvalue weighted by Crippen LogP contribution is -2.35. The zero-order valence-electron chi connectivity index (χ0n) is 17.9. The van der Waals surface area contributed by atoms with E-state index in [1.165, 1.54) is 29.2 Å². The van der Waals surface area contributed by atoms with Gasteiger partial charge in [0.1, 0.15) is 11.4 Å². The molecule has 1 aliphatic heterocycles. The molecule has 2 aromatic rings. The molecule has 11 heteroatoms. The van der Waals surface area contributed by atoms with Crippen LogP contribution >= 0.6 is 27.5 Å². The minimum Gasteiger partial charge on any atom is -0.443 e. The molecule has 33 heavy (non-hydrogen) atoms. The summed E-state index contributed by atoms with van der Waals surface area (Å²) in [6, 6.07) is 8.26. The molecule has 0 bridgehead atoms. The van der Waals surface area contributed by atoms with E-state index in [1.54, 1.807) is 38.8 Å². The van der Waals surface area contributed by atoms with Crippen LogP contribution in [0.15, 0.2) is 46.7 Å². The maximum Gasteiger partial charge on any atom is 0.416 e. The van der Waals surface area contributed by atoms with Gasteiger partial charge in [0.25, 0.3) is 0 Å². The van der Waals surface area contributed by atoms with Crippen molar-refractivity contribution in [2.24, 2.45) is 0 Å². The van der Waals surface area contributed by atoms with Crippen molar-refractivity contribution in [3.63, 3.8) is 0 Å². The summed E-state index contributed by atoms with van der Waals surface area (Å²) in [6.45, 7) is 1.81. The van der Waals surface area contributed by atoms with E-state index in [0.717, 1.165) is 4.90 Å². The number of hydrogen-bond acceptors (Lipinski definition) is 6. The summed E-state index contributed by atoms with van der Waals surface area (Å²) >= 11 is 9.55. The topological polar surface area (TPSA) is 85.1 Å². The van der Waals surface area contributed by atoms with Crippen molar-refractivity contribution in [2.75, 3.05) is 17.2 Å². The van der Waals surface area contributed by atoms with Crippen molar-refractivity contribution in [3.05, 3.63) is 57.3 Å². The van der Waals surface area contributed by atoms with E-state index in [4.69, 9.17) is 26.8 Å². The fraction of sp³-hybridized carbons (Fsp3) is 0.318. The van der Waals surface area contributed by atoms with E-state index < -0.39 is 24.3 Å². The Morgan fingerprint density at radius 1 is 1.30 bits per heavy atom. The number of nitrogen functional groups attached to an aromatic ring is 1. The molecule has 0 aromatic heterocycles. The number of nitrogens with zero attached hydrogens (tertiary/aromatic N) is 2. The van der Waals surface area contributed by atoms with Crippen LogP contribution in [-0.2, 0) is 9.53 Å². The number of anilines is 2. The van der Waals surface area contributed by atoms with Gasteiger partial charge in [-0.15, -0.1) is 0 Å². The van der Waals surface area contributed by atoms with Crippen LogP contribution in [0.4, 0.5) is 25.0 Å². The SMILES string of the molecule is CC(C)(C)OC(=O)N1CC(c2c(Br)cccc2OC(F)F)N(c2cc(Cl)ccc2N)C1=C=O. The molecule has 176 valence electrons. The van der Waals surface area contributed by atoms with Gasteiger partial charge in [0.15, 0.2) is 5.94 Å². The maximum absolute atomic E-state index is 13.1. The average molecular weight is 545 g/mol. The Morgan fingerprint density at radius 2 is 2.00 bits per heavy atom. The molecule has 7 nitrogen and oxygen atoms in total. The average Bonchev–Trinajstić information content (AvgIpc) is 3.07. The molecule has 2 aromatic carbocycles. The molecular formula is C22H21BrClF2N3O4. The molecule has 0 aliphatic carbocycles. The monoisotopic (exact) mass is 543 g/mol. The summed E-state index contributed by atoms with van der Waals surface area (Å²) in [6.07, 6.45) is -0.808. The van der Waals surface area contributed by atoms with Gasteiger partial charge >= 0.3 is 12.7 Å². The molecule has 0 saturated carbocycles. The third kappa shape index (κ3) is 5.40. The van der Waals surface area contributed by atoms with E-state index >= 15 is 0 Å². The van der Waals surface area contributed by atoms with Gasteiger partial charge in [0.2, 0.25) is 5.82 Å². The van der Waals surface area contributed by atoms with Crippen molar-refractivity contribution in [2.45, 2.75) is 39.0 Å². The Balaban J connectivity index is 2.22. The molecule has 1 unspecified atom stereocenters. The molecule has 1 fully saturated rings. The van der Waals surface area contributed by atoms with Gasteiger partial charge in [0, 0.05) is 15.1 Å². The number of nitrogens with two attached hydrogens (primary N) is 1. The molecule has 2 N–H and O–H groups in total. The highest BCUT2D eigenvalue weighted by atomic mass is 79.9. The van der Waals surface area contributed by atoms with Crippen molar-refractivity contribution in [1.29, 1.82) is 0 Å². The molecule has 1 saturated heterocycles. The van der Waals surface area contributed by atoms with E-state index in [9.17, 15) is 18.4 Å². The lowest BCUT2D eigenvalue weighted by molar-refractivity contribution is -0.0507. The van der Waals surface area contributed by atoms with Crippen LogP contribution in [0.5, 0.6) is 5.75 Å². The molecule has 1 atom stereocenters. The zero-order chi connectivity index (χ0) is 24.5. The molecule has 0 spiro atoms. The van der Waals surface area contributed by atoms with Crippen LogP contribution in [-0.4, -0.2) is 35.7 Å². The highest BCUT2D eigenvalue weighted by Crippen LogP contribution is 2.46. The zero-order valence-corrected chi connectivity index (χ0v) is 20.3. The summed E-state index contributed by atoms with van der Waals surface area (Å²) in [4.78, 5) is 27.5. The van der Waals surface area contributed by atoms with E-state index in [2.05, 4.69) is 15.9 Å². The highest BCUT2D eigenvalue weighted by molar-refractivity contribution is 9.10. The molecule has 1 aliphatic rings. The number of alkyl halides is 2. The van der Waals surface area contributed by atoms with Crippen LogP contribution in [0.1, 0.15) is 32.4 Å². The Kier molecular flexibility index (Phi) is 7.21. The summed E-state index contributed by atoms with van der Waals surface area (Å²) in [5, 5.41) is 0.315. The summed E-state index contributed by atoms with van der Waals surface area (Å²) in [5.41, 5.74) is 6.12. The van der Waals surface area contributed by atoms with E-state index in [0.29, 0.717) is 9.50 Å². The number of halogens is 4. The number of benzene rings is 2. The van der Waals surface area contributed by atoms with E-state index in [1.807, 2.05) is 0 Å². The van der Waals surface area contributed by atoms with Crippen LogP contribution < -0.4 is 15.4 Å². The number of amides is 1. The van der Waals surface area contributed by atoms with Gasteiger partial charge in [-0.3, -0.25) is 4.90 Å². The first-order chi connectivity index (χ1) is 15.4. The number of rotatable bonds is 4. The van der Waals surface area contributed by atoms with Crippen LogP contribution in [0.2, 0.25) is 5.02 Å². The lowest BCUT2D eigenvalue weighted by Gasteiger charge is -2.28. The Morgan fingerprint density at radius 3 is 2.61 bits per heavy atom. The smallest absolute Gasteiger partial charge is 0.416 e. The number of hydrogen-bond donors (Lipinski definition) is 1. The van der Waals surface area contributed by atoms with Crippen LogP contribution in [0, 0.1) is 0 Å². The van der Waals surface area contributed by atoms with Gasteiger partial charge in [-0.25, -0.2) is 9.59 Å². The first-order valence-electron chi connectivity index (χ1n) is 9.76. The molecule has 1 heterocycles. The molecule has 3 rings (SSSR count). The highest BCUT2D eigenvalue weighted by Gasteiger charge is 2.44. The van der Waals surface area contributed by atoms with Crippen LogP contribution in [0.3, 0.4) is 0 Å². The number of ether oxygens (including phenoxy) is 2. The largest absolute Gasteiger partial charge is 0.443 e. The first-order valence-corrected chi connectivity index (χ1v) is 10.9. The lowest BCUT2D eigenvalue weighted by atomic mass is 10.0. The molecule has 0 radical (unpaired) electrons. The molecule has 1 amide bonds. The van der Waals surface area contributed by atoms with Crippen molar-refractivity contribution < 1.29 is 27.8 Å². The number of carbonyl (C=O) groups is 1. The number of carbonyl (C=O) groups excluding carboxylic acids is 2. The maximum atomic E-state index is 13.1. The van der Waals surface area contributed by atoms with Crippen molar-refractivity contribution in [3.8, 4) is 5.75 Å². The minimum atomic E-state index is -3.09. The second kappa shape index (κ2) is 9.59. The standard InChI is InChI=1S/C22H21BrClF2N3O4/c1-22(2,3)33-21(31)28-10-16(19-13(23)5-4-6-17(19)32-20(25)26)29(18(28)11-30)15-9-12(24)7-8-14(15)27/h4-9,16,20H,10,27H2,1-3H3. The van der Waals surface area contributed by atoms with Gasteiger partial charge in [-0.2, -0.15) is 8.78 Å². The fourth-order valence-electron chi connectivity index (χ4n) is 3.47. The van der Waals surface area contributed by atoms with Gasteiger partial charge < -0.3 is 20.1 Å². The Labute approximate surface area is 202 Å². The third-order valence-corrected chi connectivity index (χ3v) is 5.60. The fourth-order valence-corrected chi connectivity index (χ4v) is 4.25. The minimum absolute atomic E-state index is 0.131. The summed E-state index contributed by atoms with van der Waals surface area (Å²) in [5.74, 6) is 1.43. The predicted octanol–water partition coefficient (Wildman–Crippen LogP) is 5.76. The van der Waals surface area contributed by atoms with Crippen molar-refractivity contribution >= 4 is 50.9 Å². The second-order valence-electron chi connectivity index (χ2n) is 8.14. The normalized spacial score (nSPS) is 16.2. The summed E-state index contributed by atoms with van der Waals surface area (Å²) in [7, 11) is 0. The second-order valence-corrected chi connectivity index (χ2v) is 9.43. The Hall–Kier alpha value is -2.81. The quantitative estimate of drug-likeness (QED) is 0.389. The summed E-state index contributed by atoms with van der Waals surface area (Å²) < 4.78 is 36.9. The van der Waals surface area contributed by atoms with E-state index in [-0.39, 0.29) is 35.1 Å². The molecular weight excluding hydrogens is 524 g/mol. The van der Waals surface area contributed by atoms with Crippen molar-refractivity contribution in [1.82, 2.24) is 4.90 Å².